The van der Waals surface area contributed by atoms with Gasteiger partial charge in [-0.05, 0) is 32.5 Å². The van der Waals surface area contributed by atoms with Crippen LogP contribution in [0.15, 0.2) is 36.5 Å². The smallest absolute Gasteiger partial charge is 0.163 e. The minimum atomic E-state index is 0.574. The van der Waals surface area contributed by atoms with Gasteiger partial charge in [0, 0.05) is 32.6 Å². The van der Waals surface area contributed by atoms with E-state index in [0.717, 1.165) is 55.0 Å². The summed E-state index contributed by atoms with van der Waals surface area (Å²) >= 11 is 0. The zero-order valence-corrected chi connectivity index (χ0v) is 15.8. The Bertz CT molecular complexity index is 886. The Morgan fingerprint density at radius 3 is 2.65 bits per heavy atom. The molecule has 0 saturated carbocycles. The second-order valence-electron chi connectivity index (χ2n) is 7.31. The highest BCUT2D eigenvalue weighted by Gasteiger charge is 2.27. The number of hydrogen-bond acceptors (Lipinski definition) is 5. The first kappa shape index (κ1) is 17.0. The minimum absolute atomic E-state index is 0.574. The van der Waals surface area contributed by atoms with Gasteiger partial charge in [0.25, 0.3) is 0 Å². The lowest BCUT2D eigenvalue weighted by molar-refractivity contribution is 0.315. The molecule has 0 aliphatic carbocycles. The molecule has 2 aromatic heterocycles. The Morgan fingerprint density at radius 2 is 1.92 bits per heavy atom. The number of hydrogen-bond donors (Lipinski definition) is 0. The average molecular weight is 350 g/mol. The topological polar surface area (TPSA) is 50.1 Å². The monoisotopic (exact) mass is 350 g/mol. The van der Waals surface area contributed by atoms with E-state index in [0.29, 0.717) is 6.04 Å². The molecule has 0 N–H and O–H groups in total. The van der Waals surface area contributed by atoms with Gasteiger partial charge < -0.3 is 9.80 Å². The number of nitrogens with zero attached hydrogens (tertiary/aromatic N) is 6. The Balaban J connectivity index is 1.64. The third-order valence-corrected chi connectivity index (χ3v) is 5.29. The van der Waals surface area contributed by atoms with E-state index in [2.05, 4.69) is 53.3 Å². The summed E-state index contributed by atoms with van der Waals surface area (Å²) in [6.07, 6.45) is 4.85. The van der Waals surface area contributed by atoms with Gasteiger partial charge in [0.2, 0.25) is 0 Å². The van der Waals surface area contributed by atoms with E-state index in [9.17, 15) is 0 Å². The number of likely N-dealkylation sites (N-methyl/N-ethyl adjacent to an activating group) is 1. The molecule has 0 amide bonds. The van der Waals surface area contributed by atoms with Crippen LogP contribution in [0.3, 0.4) is 0 Å². The highest BCUT2D eigenvalue weighted by Crippen LogP contribution is 2.27. The van der Waals surface area contributed by atoms with Crippen molar-refractivity contribution in [3.63, 3.8) is 0 Å². The fourth-order valence-corrected chi connectivity index (χ4v) is 3.66. The van der Waals surface area contributed by atoms with Crippen LogP contribution in [-0.4, -0.2) is 57.9 Å². The molecule has 1 unspecified atom stereocenters. The van der Waals surface area contributed by atoms with Crippen LogP contribution < -0.4 is 4.90 Å². The molecule has 0 spiro atoms. The van der Waals surface area contributed by atoms with Crippen molar-refractivity contribution in [1.29, 1.82) is 0 Å². The van der Waals surface area contributed by atoms with Crippen LogP contribution in [0.4, 0.5) is 5.82 Å². The Kier molecular flexibility index (Phi) is 4.59. The summed E-state index contributed by atoms with van der Waals surface area (Å²) in [5.41, 5.74) is 2.24. The Morgan fingerprint density at radius 1 is 1.12 bits per heavy atom. The average Bonchev–Trinajstić information content (AvgIpc) is 3.28. The summed E-state index contributed by atoms with van der Waals surface area (Å²) in [6, 6.07) is 11.1. The van der Waals surface area contributed by atoms with E-state index in [1.807, 2.05) is 24.0 Å². The second kappa shape index (κ2) is 7.03. The van der Waals surface area contributed by atoms with Gasteiger partial charge in [0.1, 0.15) is 11.6 Å². The van der Waals surface area contributed by atoms with Gasteiger partial charge in [-0.2, -0.15) is 5.10 Å². The standard InChI is InChI=1S/C20H26N6/c1-24(2)16-11-12-26(14-16)20-17-13-21-25(3)19(17)22-18(23-20)10-9-15-7-5-4-6-8-15/h4-8,13,16H,9-12,14H2,1-3H3. The molecule has 26 heavy (non-hydrogen) atoms. The predicted octanol–water partition coefficient (Wildman–Crippen LogP) is 2.29. The lowest BCUT2D eigenvalue weighted by Gasteiger charge is -2.22. The molecule has 0 radical (unpaired) electrons. The van der Waals surface area contributed by atoms with Crippen LogP contribution in [0, 0.1) is 0 Å². The first-order chi connectivity index (χ1) is 12.6. The quantitative estimate of drug-likeness (QED) is 0.707. The Labute approximate surface area is 154 Å². The maximum Gasteiger partial charge on any atom is 0.163 e. The van der Waals surface area contributed by atoms with Crippen LogP contribution in [0.5, 0.6) is 0 Å². The van der Waals surface area contributed by atoms with Crippen molar-refractivity contribution < 1.29 is 0 Å². The summed E-state index contributed by atoms with van der Waals surface area (Å²) < 4.78 is 1.85. The van der Waals surface area contributed by atoms with Crippen LogP contribution in [0.1, 0.15) is 17.8 Å². The molecule has 6 heteroatoms. The number of benzene rings is 1. The molecule has 3 aromatic rings. The van der Waals surface area contributed by atoms with Crippen molar-refractivity contribution in [3.8, 4) is 0 Å². The third kappa shape index (κ3) is 3.29. The molecular weight excluding hydrogens is 324 g/mol. The number of anilines is 1. The molecule has 1 aromatic carbocycles. The summed E-state index contributed by atoms with van der Waals surface area (Å²) in [4.78, 5) is 14.4. The van der Waals surface area contributed by atoms with Crippen molar-refractivity contribution in [2.75, 3.05) is 32.1 Å². The van der Waals surface area contributed by atoms with E-state index in [1.54, 1.807) is 0 Å². The lowest BCUT2D eigenvalue weighted by atomic mass is 10.1. The van der Waals surface area contributed by atoms with E-state index in [4.69, 9.17) is 9.97 Å². The van der Waals surface area contributed by atoms with Gasteiger partial charge in [0.15, 0.2) is 5.65 Å². The Hall–Kier alpha value is -2.47. The zero-order valence-electron chi connectivity index (χ0n) is 15.8. The van der Waals surface area contributed by atoms with Crippen molar-refractivity contribution in [3.05, 3.63) is 47.9 Å². The second-order valence-corrected chi connectivity index (χ2v) is 7.31. The summed E-state index contributed by atoms with van der Waals surface area (Å²) in [5, 5.41) is 5.47. The van der Waals surface area contributed by atoms with Gasteiger partial charge in [-0.25, -0.2) is 9.97 Å². The fourth-order valence-electron chi connectivity index (χ4n) is 3.66. The van der Waals surface area contributed by atoms with Gasteiger partial charge in [0.05, 0.1) is 11.6 Å². The molecule has 1 aliphatic heterocycles. The third-order valence-electron chi connectivity index (χ3n) is 5.29. The van der Waals surface area contributed by atoms with Gasteiger partial charge in [-0.15, -0.1) is 0 Å². The van der Waals surface area contributed by atoms with E-state index in [-0.39, 0.29) is 0 Å². The number of aromatic nitrogens is 4. The van der Waals surface area contributed by atoms with Crippen molar-refractivity contribution >= 4 is 16.9 Å². The highest BCUT2D eigenvalue weighted by atomic mass is 15.3. The lowest BCUT2D eigenvalue weighted by Crippen LogP contribution is -2.32. The summed E-state index contributed by atoms with van der Waals surface area (Å²) in [6.45, 7) is 2.04. The largest absolute Gasteiger partial charge is 0.354 e. The van der Waals surface area contributed by atoms with E-state index in [1.165, 1.54) is 5.56 Å². The SMILES string of the molecule is CN(C)C1CCN(c2nc(CCc3ccccc3)nc3c2cnn3C)C1. The molecule has 1 atom stereocenters. The maximum absolute atomic E-state index is 4.95. The predicted molar refractivity (Wildman–Crippen MR) is 104 cm³/mol. The highest BCUT2D eigenvalue weighted by molar-refractivity contribution is 5.87. The van der Waals surface area contributed by atoms with Crippen molar-refractivity contribution in [2.24, 2.45) is 7.05 Å². The molecule has 136 valence electrons. The molecule has 3 heterocycles. The normalized spacial score (nSPS) is 17.5. The summed E-state index contributed by atoms with van der Waals surface area (Å²) in [7, 11) is 6.25. The van der Waals surface area contributed by atoms with Crippen molar-refractivity contribution in [2.45, 2.75) is 25.3 Å². The van der Waals surface area contributed by atoms with Crippen LogP contribution >= 0.6 is 0 Å². The molecular formula is C20H26N6. The molecule has 4 rings (SSSR count). The van der Waals surface area contributed by atoms with Crippen LogP contribution in [0.2, 0.25) is 0 Å². The first-order valence-corrected chi connectivity index (χ1v) is 9.26. The molecule has 1 saturated heterocycles. The number of rotatable bonds is 5. The van der Waals surface area contributed by atoms with Gasteiger partial charge >= 0.3 is 0 Å². The molecule has 0 bridgehead atoms. The van der Waals surface area contributed by atoms with Gasteiger partial charge in [-0.1, -0.05) is 30.3 Å². The van der Waals surface area contributed by atoms with E-state index < -0.39 is 0 Å². The summed E-state index contributed by atoms with van der Waals surface area (Å²) in [5.74, 6) is 1.93. The number of aryl methyl sites for hydroxylation is 3. The first-order valence-electron chi connectivity index (χ1n) is 9.26. The van der Waals surface area contributed by atoms with Crippen molar-refractivity contribution in [1.82, 2.24) is 24.6 Å². The minimum Gasteiger partial charge on any atom is -0.354 e. The fraction of sp³-hybridized carbons (Fsp3) is 0.450. The molecule has 6 nitrogen and oxygen atoms in total. The van der Waals surface area contributed by atoms with Crippen LogP contribution in [0.25, 0.3) is 11.0 Å². The van der Waals surface area contributed by atoms with Gasteiger partial charge in [-0.3, -0.25) is 4.68 Å². The van der Waals surface area contributed by atoms with E-state index >= 15 is 0 Å². The molecule has 1 aliphatic rings. The number of fused-ring (bicyclic) bond motifs is 1. The molecule has 1 fully saturated rings. The maximum atomic E-state index is 4.95. The van der Waals surface area contributed by atoms with Crippen LogP contribution in [-0.2, 0) is 19.9 Å². The zero-order chi connectivity index (χ0) is 18.1.